The van der Waals surface area contributed by atoms with Crippen molar-refractivity contribution in [2.75, 3.05) is 0 Å². The molecule has 2 aliphatic rings. The third kappa shape index (κ3) is 3.30. The van der Waals surface area contributed by atoms with E-state index in [1.54, 1.807) is 11.1 Å². The van der Waals surface area contributed by atoms with Crippen molar-refractivity contribution >= 4 is 0 Å². The van der Waals surface area contributed by atoms with Gasteiger partial charge >= 0.3 is 0 Å². The van der Waals surface area contributed by atoms with E-state index in [9.17, 15) is 0 Å². The summed E-state index contributed by atoms with van der Waals surface area (Å²) in [5.74, 6) is 1.64. The molecule has 0 nitrogen and oxygen atoms in total. The van der Waals surface area contributed by atoms with Crippen molar-refractivity contribution in [2.24, 2.45) is 22.7 Å². The van der Waals surface area contributed by atoms with E-state index in [0.717, 1.165) is 11.8 Å². The molecule has 0 aromatic carbocycles. The minimum absolute atomic E-state index is 0.504. The maximum Gasteiger partial charge on any atom is -0.0146 e. The predicted molar refractivity (Wildman–Crippen MR) is 94.4 cm³/mol. The van der Waals surface area contributed by atoms with Crippen molar-refractivity contribution < 1.29 is 0 Å². The van der Waals surface area contributed by atoms with Crippen LogP contribution in [0.4, 0.5) is 0 Å². The number of fused-ring (bicyclic) bond motifs is 1. The van der Waals surface area contributed by atoms with Crippen LogP contribution in [0.15, 0.2) is 23.8 Å². The smallest absolute Gasteiger partial charge is 0.0146 e. The Balaban J connectivity index is 2.17. The van der Waals surface area contributed by atoms with Crippen molar-refractivity contribution in [1.29, 1.82) is 0 Å². The van der Waals surface area contributed by atoms with E-state index in [-0.39, 0.29) is 0 Å². The van der Waals surface area contributed by atoms with Gasteiger partial charge in [0.2, 0.25) is 0 Å². The third-order valence-corrected chi connectivity index (χ3v) is 6.70. The molecule has 1 unspecified atom stereocenters. The van der Waals surface area contributed by atoms with Gasteiger partial charge in [0.1, 0.15) is 0 Å². The Morgan fingerprint density at radius 1 is 1.29 bits per heavy atom. The second kappa shape index (κ2) is 6.31. The second-order valence-corrected chi connectivity index (χ2v) is 8.65. The van der Waals surface area contributed by atoms with E-state index in [2.05, 4.69) is 47.3 Å². The van der Waals surface area contributed by atoms with Crippen molar-refractivity contribution in [1.82, 2.24) is 0 Å². The topological polar surface area (TPSA) is 0 Å². The van der Waals surface area contributed by atoms with Crippen LogP contribution in [0.5, 0.6) is 0 Å². The van der Waals surface area contributed by atoms with Gasteiger partial charge < -0.3 is 0 Å². The highest BCUT2D eigenvalue weighted by atomic mass is 14.6. The summed E-state index contributed by atoms with van der Waals surface area (Å²) < 4.78 is 0. The zero-order valence-corrected chi connectivity index (χ0v) is 15.1. The number of rotatable bonds is 4. The predicted octanol–water partition coefficient (Wildman–Crippen LogP) is 6.92. The van der Waals surface area contributed by atoms with Crippen LogP contribution in [0, 0.1) is 22.7 Å². The van der Waals surface area contributed by atoms with Gasteiger partial charge in [0.05, 0.1) is 0 Å². The van der Waals surface area contributed by atoms with Gasteiger partial charge in [-0.2, -0.15) is 0 Å². The molecular weight excluding hydrogens is 252 g/mol. The molecule has 0 saturated heterocycles. The van der Waals surface area contributed by atoms with Gasteiger partial charge in [0.15, 0.2) is 0 Å². The summed E-state index contributed by atoms with van der Waals surface area (Å²) in [5, 5.41) is 0. The molecule has 0 amide bonds. The summed E-state index contributed by atoms with van der Waals surface area (Å²) in [7, 11) is 0. The average Bonchev–Trinajstić information content (AvgIpc) is 2.37. The van der Waals surface area contributed by atoms with Crippen LogP contribution in [0.25, 0.3) is 0 Å². The Bertz CT molecular complexity index is 412. The van der Waals surface area contributed by atoms with Crippen LogP contribution in [-0.4, -0.2) is 0 Å². The average molecular weight is 289 g/mol. The lowest BCUT2D eigenvalue weighted by atomic mass is 9.47. The summed E-state index contributed by atoms with van der Waals surface area (Å²) in [5.41, 5.74) is 4.16. The molecule has 2 fully saturated rings. The maximum atomic E-state index is 4.48. The zero-order valence-electron chi connectivity index (χ0n) is 15.1. The first-order valence-corrected chi connectivity index (χ1v) is 9.14. The third-order valence-electron chi connectivity index (χ3n) is 6.70. The maximum absolute atomic E-state index is 4.48. The highest BCUT2D eigenvalue weighted by Gasteiger charge is 2.52. The Morgan fingerprint density at radius 2 is 2.00 bits per heavy atom. The molecule has 0 aromatic rings. The fourth-order valence-corrected chi connectivity index (χ4v) is 5.63. The van der Waals surface area contributed by atoms with E-state index in [4.69, 9.17) is 0 Å². The van der Waals surface area contributed by atoms with Crippen molar-refractivity contribution in [3.63, 3.8) is 0 Å². The lowest BCUT2D eigenvalue weighted by Crippen LogP contribution is -2.49. The summed E-state index contributed by atoms with van der Waals surface area (Å²) in [6.45, 7) is 16.7. The van der Waals surface area contributed by atoms with Gasteiger partial charge in [0.25, 0.3) is 0 Å². The summed E-state index contributed by atoms with van der Waals surface area (Å²) >= 11 is 0. The highest BCUT2D eigenvalue weighted by molar-refractivity contribution is 5.16. The van der Waals surface area contributed by atoms with Gasteiger partial charge in [-0.05, 0) is 74.5 Å². The molecule has 3 atom stereocenters. The molecule has 2 aliphatic carbocycles. The lowest BCUT2D eigenvalue weighted by molar-refractivity contribution is -0.0539. The van der Waals surface area contributed by atoms with Crippen LogP contribution in [-0.2, 0) is 0 Å². The first-order chi connectivity index (χ1) is 9.81. The van der Waals surface area contributed by atoms with Crippen molar-refractivity contribution in [3.8, 4) is 0 Å². The van der Waals surface area contributed by atoms with Gasteiger partial charge in [0, 0.05) is 0 Å². The molecule has 0 radical (unpaired) electrons. The standard InChI is InChI=1S/C21H36/c1-7-9-16(2)10-12-18-17(3)11-13-19-20(4,5)14-8-15-21(18,19)6/h9,18-19H,3,7-8,10-15H2,1-2,4-6H3/b16-9+/t18-,19?,21+/m0/s1. The molecule has 0 heterocycles. The first-order valence-electron chi connectivity index (χ1n) is 9.14. The minimum Gasteiger partial charge on any atom is -0.0996 e. The van der Waals surface area contributed by atoms with Gasteiger partial charge in [-0.3, -0.25) is 0 Å². The molecule has 0 spiro atoms. The van der Waals surface area contributed by atoms with Gasteiger partial charge in [-0.15, -0.1) is 0 Å². The molecule has 120 valence electrons. The quantitative estimate of drug-likeness (QED) is 0.492. The Labute approximate surface area is 133 Å². The van der Waals surface area contributed by atoms with Crippen molar-refractivity contribution in [2.45, 2.75) is 86.0 Å². The van der Waals surface area contributed by atoms with E-state index in [1.807, 2.05) is 0 Å². The van der Waals surface area contributed by atoms with Gasteiger partial charge in [-0.25, -0.2) is 0 Å². The van der Waals surface area contributed by atoms with E-state index in [0.29, 0.717) is 10.8 Å². The molecule has 0 aromatic heterocycles. The summed E-state index contributed by atoms with van der Waals surface area (Å²) in [4.78, 5) is 0. The monoisotopic (exact) mass is 288 g/mol. The molecule has 0 heteroatoms. The van der Waals surface area contributed by atoms with Gasteiger partial charge in [-0.1, -0.05) is 57.9 Å². The van der Waals surface area contributed by atoms with E-state index >= 15 is 0 Å². The Morgan fingerprint density at radius 3 is 2.67 bits per heavy atom. The largest absolute Gasteiger partial charge is 0.0996 e. The first kappa shape index (κ1) is 16.8. The Hall–Kier alpha value is -0.520. The Kier molecular flexibility index (Phi) is 5.06. The van der Waals surface area contributed by atoms with Crippen LogP contribution < -0.4 is 0 Å². The fraction of sp³-hybridized carbons (Fsp3) is 0.810. The molecule has 0 aliphatic heterocycles. The second-order valence-electron chi connectivity index (χ2n) is 8.65. The minimum atomic E-state index is 0.504. The normalized spacial score (nSPS) is 36.4. The van der Waals surface area contributed by atoms with Crippen molar-refractivity contribution in [3.05, 3.63) is 23.8 Å². The van der Waals surface area contributed by atoms with Crippen LogP contribution in [0.1, 0.15) is 86.0 Å². The van der Waals surface area contributed by atoms with E-state index < -0.39 is 0 Å². The SMILES string of the molecule is C=C1CCC2C(C)(C)CCC[C@]2(C)[C@H]1CC/C(C)=C/CC. The molecule has 0 N–H and O–H groups in total. The number of allylic oxidation sites excluding steroid dienone is 3. The zero-order chi connectivity index (χ0) is 15.7. The molecular formula is C21H36. The summed E-state index contributed by atoms with van der Waals surface area (Å²) in [6, 6.07) is 0. The lowest BCUT2D eigenvalue weighted by Gasteiger charge is -2.58. The molecule has 2 rings (SSSR count). The molecule has 0 bridgehead atoms. The van der Waals surface area contributed by atoms with Crippen LogP contribution in [0.2, 0.25) is 0 Å². The number of hydrogen-bond acceptors (Lipinski definition) is 0. The van der Waals surface area contributed by atoms with E-state index in [1.165, 1.54) is 51.4 Å². The fourth-order valence-electron chi connectivity index (χ4n) is 5.63. The molecule has 21 heavy (non-hydrogen) atoms. The van der Waals surface area contributed by atoms with Crippen LogP contribution in [0.3, 0.4) is 0 Å². The number of hydrogen-bond donors (Lipinski definition) is 0. The highest BCUT2D eigenvalue weighted by Crippen LogP contribution is 2.61. The summed E-state index contributed by atoms with van der Waals surface area (Å²) in [6.07, 6.45) is 13.1. The molecule has 2 saturated carbocycles. The van der Waals surface area contributed by atoms with Crippen LogP contribution >= 0.6 is 0 Å².